The van der Waals surface area contributed by atoms with E-state index in [1.807, 2.05) is 0 Å². The van der Waals surface area contributed by atoms with Crippen molar-refractivity contribution in [1.29, 1.82) is 0 Å². The third-order valence-electron chi connectivity index (χ3n) is 2.08. The Morgan fingerprint density at radius 3 is 2.47 bits per heavy atom. The Balaban J connectivity index is 2.58. The predicted octanol–water partition coefficient (Wildman–Crippen LogP) is 2.30. The Hall–Kier alpha value is -0.200. The molecule has 86 valence electrons. The van der Waals surface area contributed by atoms with Crippen molar-refractivity contribution in [3.63, 3.8) is 0 Å². The lowest BCUT2D eigenvalue weighted by atomic mass is 10.0. The second-order valence-electron chi connectivity index (χ2n) is 4.12. The van der Waals surface area contributed by atoms with Crippen LogP contribution in [0.25, 0.3) is 0 Å². The van der Waals surface area contributed by atoms with E-state index in [-0.39, 0.29) is 0 Å². The molecule has 6 heteroatoms. The van der Waals surface area contributed by atoms with E-state index in [1.54, 1.807) is 0 Å². The maximum absolute atomic E-state index is 4.04. The van der Waals surface area contributed by atoms with Crippen molar-refractivity contribution in [2.75, 3.05) is 26.0 Å². The van der Waals surface area contributed by atoms with E-state index in [2.05, 4.69) is 64.3 Å². The molecule has 0 spiro atoms. The van der Waals surface area contributed by atoms with Gasteiger partial charge in [-0.1, -0.05) is 25.2 Å². The summed E-state index contributed by atoms with van der Waals surface area (Å²) in [5, 5.41) is 12.2. The lowest BCUT2D eigenvalue weighted by Crippen LogP contribution is -2.36. The molecule has 0 fully saturated rings. The monoisotopic (exact) mass is 292 g/mol. The van der Waals surface area contributed by atoms with Gasteiger partial charge in [0.15, 0.2) is 3.92 Å². The number of hydrogen-bond donors (Lipinski definition) is 1. The van der Waals surface area contributed by atoms with Gasteiger partial charge in [-0.25, -0.2) is 0 Å². The number of halogens is 1. The van der Waals surface area contributed by atoms with Crippen molar-refractivity contribution in [2.45, 2.75) is 19.9 Å². The first-order valence-corrected chi connectivity index (χ1v) is 6.50. The molecule has 0 radical (unpaired) electrons. The SMILES string of the molecule is CC(C)C(CN(C)C)Nc1nnc(Br)s1. The summed E-state index contributed by atoms with van der Waals surface area (Å²) in [7, 11) is 4.15. The molecular formula is C9H17BrN4S. The molecule has 0 aliphatic heterocycles. The van der Waals surface area contributed by atoms with E-state index in [0.717, 1.165) is 15.6 Å². The Labute approximate surface area is 103 Å². The van der Waals surface area contributed by atoms with Crippen molar-refractivity contribution in [3.05, 3.63) is 3.92 Å². The summed E-state index contributed by atoms with van der Waals surface area (Å²) < 4.78 is 0.817. The first-order chi connectivity index (χ1) is 6.99. The summed E-state index contributed by atoms with van der Waals surface area (Å²) in [4.78, 5) is 2.17. The Morgan fingerprint density at radius 2 is 2.07 bits per heavy atom. The van der Waals surface area contributed by atoms with Gasteiger partial charge in [-0.3, -0.25) is 0 Å². The molecule has 0 aliphatic carbocycles. The molecular weight excluding hydrogens is 276 g/mol. The molecule has 4 nitrogen and oxygen atoms in total. The number of aromatic nitrogens is 2. The normalized spacial score (nSPS) is 13.5. The van der Waals surface area contributed by atoms with Gasteiger partial charge < -0.3 is 10.2 Å². The van der Waals surface area contributed by atoms with Crippen LogP contribution in [0.1, 0.15) is 13.8 Å². The highest BCUT2D eigenvalue weighted by Gasteiger charge is 2.15. The minimum absolute atomic E-state index is 0.403. The van der Waals surface area contributed by atoms with Gasteiger partial charge >= 0.3 is 0 Å². The van der Waals surface area contributed by atoms with E-state index in [1.165, 1.54) is 11.3 Å². The Morgan fingerprint density at radius 1 is 1.40 bits per heavy atom. The molecule has 0 amide bonds. The maximum Gasteiger partial charge on any atom is 0.206 e. The van der Waals surface area contributed by atoms with Crippen LogP contribution in [0.4, 0.5) is 5.13 Å². The van der Waals surface area contributed by atoms with Gasteiger partial charge in [0.05, 0.1) is 0 Å². The maximum atomic E-state index is 4.04. The molecule has 1 atom stereocenters. The van der Waals surface area contributed by atoms with Crippen LogP contribution in [0.3, 0.4) is 0 Å². The second kappa shape index (κ2) is 5.77. The Kier molecular flexibility index (Phi) is 4.95. The van der Waals surface area contributed by atoms with Gasteiger partial charge in [0.1, 0.15) is 0 Å². The summed E-state index contributed by atoms with van der Waals surface area (Å²) in [6.07, 6.45) is 0. The van der Waals surface area contributed by atoms with Crippen molar-refractivity contribution < 1.29 is 0 Å². The number of nitrogens with zero attached hydrogens (tertiary/aromatic N) is 3. The molecule has 1 aromatic rings. The molecule has 1 rings (SSSR count). The molecule has 1 heterocycles. The highest BCUT2D eigenvalue weighted by atomic mass is 79.9. The molecule has 0 aliphatic rings. The van der Waals surface area contributed by atoms with Gasteiger partial charge in [0.25, 0.3) is 0 Å². The molecule has 0 bridgehead atoms. The smallest absolute Gasteiger partial charge is 0.206 e. The standard InChI is InChI=1S/C9H17BrN4S/c1-6(2)7(5-14(3)4)11-9-13-12-8(10)15-9/h6-7H,5H2,1-4H3,(H,11,13). The predicted molar refractivity (Wildman–Crippen MR) is 68.4 cm³/mol. The van der Waals surface area contributed by atoms with Crippen molar-refractivity contribution in [1.82, 2.24) is 15.1 Å². The van der Waals surface area contributed by atoms with Gasteiger partial charge in [-0.2, -0.15) is 0 Å². The molecule has 1 aromatic heterocycles. The van der Waals surface area contributed by atoms with E-state index < -0.39 is 0 Å². The van der Waals surface area contributed by atoms with Gasteiger partial charge in [-0.05, 0) is 35.9 Å². The topological polar surface area (TPSA) is 41.0 Å². The number of hydrogen-bond acceptors (Lipinski definition) is 5. The minimum atomic E-state index is 0.403. The molecule has 0 saturated carbocycles. The zero-order valence-corrected chi connectivity index (χ0v) is 11.9. The average Bonchev–Trinajstić information content (AvgIpc) is 2.49. The van der Waals surface area contributed by atoms with Crippen LogP contribution >= 0.6 is 27.3 Å². The fourth-order valence-corrected chi connectivity index (χ4v) is 2.31. The van der Waals surface area contributed by atoms with Crippen LogP contribution in [0, 0.1) is 5.92 Å². The lowest BCUT2D eigenvalue weighted by Gasteiger charge is -2.24. The molecule has 1 N–H and O–H groups in total. The van der Waals surface area contributed by atoms with Crippen molar-refractivity contribution in [3.8, 4) is 0 Å². The summed E-state index contributed by atoms with van der Waals surface area (Å²) in [6.45, 7) is 5.41. The van der Waals surface area contributed by atoms with Crippen LogP contribution in [0.2, 0.25) is 0 Å². The van der Waals surface area contributed by atoms with E-state index >= 15 is 0 Å². The number of anilines is 1. The van der Waals surface area contributed by atoms with Crippen LogP contribution in [-0.4, -0.2) is 41.8 Å². The summed E-state index contributed by atoms with van der Waals surface area (Å²) in [5.41, 5.74) is 0. The summed E-state index contributed by atoms with van der Waals surface area (Å²) in [6, 6.07) is 0.403. The third-order valence-corrected chi connectivity index (χ3v) is 3.36. The lowest BCUT2D eigenvalue weighted by molar-refractivity contribution is 0.344. The zero-order chi connectivity index (χ0) is 11.4. The van der Waals surface area contributed by atoms with Crippen LogP contribution in [0.5, 0.6) is 0 Å². The van der Waals surface area contributed by atoms with Crippen LogP contribution in [0.15, 0.2) is 3.92 Å². The molecule has 0 aromatic carbocycles. The number of nitrogens with one attached hydrogen (secondary N) is 1. The van der Waals surface area contributed by atoms with E-state index in [4.69, 9.17) is 0 Å². The molecule has 15 heavy (non-hydrogen) atoms. The molecule has 1 unspecified atom stereocenters. The van der Waals surface area contributed by atoms with Gasteiger partial charge in [0.2, 0.25) is 5.13 Å². The largest absolute Gasteiger partial charge is 0.356 e. The van der Waals surface area contributed by atoms with Crippen LogP contribution < -0.4 is 5.32 Å². The third kappa shape index (κ3) is 4.44. The van der Waals surface area contributed by atoms with Crippen molar-refractivity contribution in [2.24, 2.45) is 5.92 Å². The van der Waals surface area contributed by atoms with Crippen molar-refractivity contribution >= 4 is 32.4 Å². The molecule has 0 saturated heterocycles. The quantitative estimate of drug-likeness (QED) is 0.904. The number of rotatable bonds is 5. The zero-order valence-electron chi connectivity index (χ0n) is 9.49. The average molecular weight is 293 g/mol. The van der Waals surface area contributed by atoms with Gasteiger partial charge in [0, 0.05) is 12.6 Å². The first kappa shape index (κ1) is 12.9. The summed E-state index contributed by atoms with van der Waals surface area (Å²) >= 11 is 4.83. The fraction of sp³-hybridized carbons (Fsp3) is 0.778. The van der Waals surface area contributed by atoms with E-state index in [0.29, 0.717) is 12.0 Å². The highest BCUT2D eigenvalue weighted by Crippen LogP contribution is 2.22. The fourth-order valence-electron chi connectivity index (χ4n) is 1.24. The summed E-state index contributed by atoms with van der Waals surface area (Å²) in [5.74, 6) is 0.565. The minimum Gasteiger partial charge on any atom is -0.356 e. The second-order valence-corrected chi connectivity index (χ2v) is 6.37. The highest BCUT2D eigenvalue weighted by molar-refractivity contribution is 9.11. The van der Waals surface area contributed by atoms with Gasteiger partial charge in [-0.15, -0.1) is 10.2 Å². The number of likely N-dealkylation sites (N-methyl/N-ethyl adjacent to an activating group) is 1. The van der Waals surface area contributed by atoms with E-state index in [9.17, 15) is 0 Å². The first-order valence-electron chi connectivity index (χ1n) is 4.89. The van der Waals surface area contributed by atoms with Crippen LogP contribution in [-0.2, 0) is 0 Å². The Bertz CT molecular complexity index is 300.